The summed E-state index contributed by atoms with van der Waals surface area (Å²) in [6.07, 6.45) is 1.58. The van der Waals surface area contributed by atoms with E-state index < -0.39 is 5.97 Å². The molecule has 0 saturated carbocycles. The second-order valence-corrected chi connectivity index (χ2v) is 8.82. The number of hydrogen-bond donors (Lipinski definition) is 1. The van der Waals surface area contributed by atoms with Gasteiger partial charge >= 0.3 is 5.97 Å². The van der Waals surface area contributed by atoms with Gasteiger partial charge < -0.3 is 10.1 Å². The van der Waals surface area contributed by atoms with Gasteiger partial charge in [0.1, 0.15) is 5.70 Å². The van der Waals surface area contributed by atoms with Crippen LogP contribution in [0.25, 0.3) is 6.08 Å². The number of rotatable bonds is 6. The van der Waals surface area contributed by atoms with E-state index in [-0.39, 0.29) is 29.5 Å². The fourth-order valence-electron chi connectivity index (χ4n) is 2.51. The lowest BCUT2D eigenvalue weighted by Gasteiger charge is -2.19. The number of carbonyl (C=O) groups is 2. The van der Waals surface area contributed by atoms with Crippen LogP contribution in [0.15, 0.2) is 54.2 Å². The fraction of sp³-hybridized carbons (Fsp3) is 0.333. The van der Waals surface area contributed by atoms with E-state index in [4.69, 9.17) is 16.3 Å². The van der Waals surface area contributed by atoms with E-state index in [9.17, 15) is 9.59 Å². The van der Waals surface area contributed by atoms with Gasteiger partial charge in [0.15, 0.2) is 0 Å². The summed E-state index contributed by atoms with van der Waals surface area (Å²) < 4.78 is 5.31. The topological polar surface area (TPSA) is 55.4 Å². The molecule has 5 heteroatoms. The predicted molar refractivity (Wildman–Crippen MR) is 118 cm³/mol. The highest BCUT2D eigenvalue weighted by atomic mass is 35.5. The quantitative estimate of drug-likeness (QED) is 0.494. The maximum Gasteiger partial charge on any atom is 0.354 e. The average Bonchev–Trinajstić information content (AvgIpc) is 2.66. The van der Waals surface area contributed by atoms with Crippen LogP contribution in [-0.2, 0) is 14.9 Å². The molecule has 0 fully saturated rings. The van der Waals surface area contributed by atoms with Crippen molar-refractivity contribution in [3.8, 4) is 0 Å². The van der Waals surface area contributed by atoms with Crippen LogP contribution >= 0.6 is 11.6 Å². The predicted octanol–water partition coefficient (Wildman–Crippen LogP) is 5.61. The molecule has 0 unspecified atom stereocenters. The lowest BCUT2D eigenvalue weighted by atomic mass is 9.87. The number of ether oxygens (including phenoxy) is 1. The monoisotopic (exact) mass is 413 g/mol. The Morgan fingerprint density at radius 3 is 2.14 bits per heavy atom. The van der Waals surface area contributed by atoms with E-state index >= 15 is 0 Å². The van der Waals surface area contributed by atoms with E-state index in [2.05, 4.69) is 26.1 Å². The van der Waals surface area contributed by atoms with E-state index in [0.29, 0.717) is 10.6 Å². The lowest BCUT2D eigenvalue weighted by Crippen LogP contribution is -2.29. The Hall–Kier alpha value is -2.59. The van der Waals surface area contributed by atoms with Crippen LogP contribution < -0.4 is 5.32 Å². The van der Waals surface area contributed by atoms with Crippen LogP contribution in [0.2, 0.25) is 5.02 Å². The zero-order valence-electron chi connectivity index (χ0n) is 17.6. The summed E-state index contributed by atoms with van der Waals surface area (Å²) >= 11 is 5.92. The molecule has 0 spiro atoms. The minimum atomic E-state index is -0.576. The van der Waals surface area contributed by atoms with Crippen LogP contribution in [0.5, 0.6) is 0 Å². The minimum absolute atomic E-state index is 0.00466. The van der Waals surface area contributed by atoms with Crippen LogP contribution in [0.4, 0.5) is 0 Å². The van der Waals surface area contributed by atoms with Crippen molar-refractivity contribution in [3.63, 3.8) is 0 Å². The zero-order valence-corrected chi connectivity index (χ0v) is 18.3. The van der Waals surface area contributed by atoms with Gasteiger partial charge in [0, 0.05) is 10.6 Å². The van der Waals surface area contributed by atoms with Crippen LogP contribution in [0.3, 0.4) is 0 Å². The van der Waals surface area contributed by atoms with Gasteiger partial charge in [0.2, 0.25) is 0 Å². The maximum absolute atomic E-state index is 12.7. The Balaban J connectivity index is 2.25. The first-order valence-electron chi connectivity index (χ1n) is 9.62. The van der Waals surface area contributed by atoms with Crippen molar-refractivity contribution in [2.75, 3.05) is 6.61 Å². The highest BCUT2D eigenvalue weighted by molar-refractivity contribution is 6.30. The van der Waals surface area contributed by atoms with Gasteiger partial charge in [-0.2, -0.15) is 0 Å². The van der Waals surface area contributed by atoms with Gasteiger partial charge in [0.25, 0.3) is 5.91 Å². The van der Waals surface area contributed by atoms with Crippen LogP contribution in [0.1, 0.15) is 56.1 Å². The molecule has 1 N–H and O–H groups in total. The second kappa shape index (κ2) is 9.75. The molecule has 0 saturated heterocycles. The standard InChI is InChI=1S/C24H28ClNO3/c1-16(2)15-29-23(28)21(14-17-6-12-20(25)13-7-17)26-22(27)18-8-10-19(11-9-18)24(3,4)5/h6-14,16H,15H2,1-5H3,(H,26,27)/b21-14+. The third-order valence-corrected chi connectivity index (χ3v) is 4.46. The molecule has 0 heterocycles. The summed E-state index contributed by atoms with van der Waals surface area (Å²) in [4.78, 5) is 25.3. The van der Waals surface area contributed by atoms with Crippen LogP contribution in [-0.4, -0.2) is 18.5 Å². The van der Waals surface area contributed by atoms with E-state index in [1.54, 1.807) is 42.5 Å². The number of amides is 1. The van der Waals surface area contributed by atoms with Gasteiger partial charge in [-0.3, -0.25) is 4.79 Å². The minimum Gasteiger partial charge on any atom is -0.461 e. The third-order valence-electron chi connectivity index (χ3n) is 4.21. The molecule has 0 aliphatic rings. The average molecular weight is 414 g/mol. The second-order valence-electron chi connectivity index (χ2n) is 8.38. The summed E-state index contributed by atoms with van der Waals surface area (Å²) in [6, 6.07) is 14.3. The van der Waals surface area contributed by atoms with Gasteiger partial charge in [-0.05, 0) is 52.8 Å². The summed E-state index contributed by atoms with van der Waals surface area (Å²) in [5.74, 6) is -0.753. The summed E-state index contributed by atoms with van der Waals surface area (Å²) in [5, 5.41) is 3.28. The van der Waals surface area contributed by atoms with Crippen molar-refractivity contribution in [1.82, 2.24) is 5.32 Å². The third kappa shape index (κ3) is 7.06. The number of nitrogens with one attached hydrogen (secondary N) is 1. The molecule has 2 aromatic carbocycles. The molecular formula is C24H28ClNO3. The van der Waals surface area contributed by atoms with Crippen molar-refractivity contribution in [1.29, 1.82) is 0 Å². The fourth-order valence-corrected chi connectivity index (χ4v) is 2.63. The molecule has 2 rings (SSSR count). The first-order valence-corrected chi connectivity index (χ1v) is 10.0. The van der Waals surface area contributed by atoms with Gasteiger partial charge in [0.05, 0.1) is 6.61 Å². The number of carbonyl (C=O) groups excluding carboxylic acids is 2. The Labute approximate surface area is 177 Å². The molecule has 0 aliphatic carbocycles. The Morgan fingerprint density at radius 1 is 1.03 bits per heavy atom. The Kier molecular flexibility index (Phi) is 7.63. The van der Waals surface area contributed by atoms with Gasteiger partial charge in [-0.25, -0.2) is 4.79 Å². The Bertz CT molecular complexity index is 876. The molecule has 0 aromatic heterocycles. The number of hydrogen-bond acceptors (Lipinski definition) is 3. The number of esters is 1. The van der Waals surface area contributed by atoms with Crippen molar-refractivity contribution in [3.05, 3.63) is 75.9 Å². The molecule has 0 bridgehead atoms. The van der Waals surface area contributed by atoms with E-state index in [0.717, 1.165) is 11.1 Å². The normalized spacial score (nSPS) is 12.0. The van der Waals surface area contributed by atoms with Crippen molar-refractivity contribution in [2.45, 2.75) is 40.0 Å². The number of halogens is 1. The van der Waals surface area contributed by atoms with Crippen molar-refractivity contribution >= 4 is 29.6 Å². The Morgan fingerprint density at radius 2 is 1.62 bits per heavy atom. The van der Waals surface area contributed by atoms with E-state index in [1.807, 2.05) is 26.0 Å². The highest BCUT2D eigenvalue weighted by Gasteiger charge is 2.18. The first kappa shape index (κ1) is 22.7. The van der Waals surface area contributed by atoms with E-state index in [1.165, 1.54) is 0 Å². The lowest BCUT2D eigenvalue weighted by molar-refractivity contribution is -0.140. The number of benzene rings is 2. The van der Waals surface area contributed by atoms with Crippen LogP contribution in [0, 0.1) is 5.92 Å². The maximum atomic E-state index is 12.7. The zero-order chi connectivity index (χ0) is 21.6. The largest absolute Gasteiger partial charge is 0.461 e. The SMILES string of the molecule is CC(C)COC(=O)/C(=C\c1ccc(Cl)cc1)NC(=O)c1ccc(C(C)(C)C)cc1. The molecule has 0 atom stereocenters. The molecule has 0 aliphatic heterocycles. The van der Waals surface area contributed by atoms with Gasteiger partial charge in [-0.1, -0.05) is 70.5 Å². The molecular weight excluding hydrogens is 386 g/mol. The molecule has 29 heavy (non-hydrogen) atoms. The molecule has 4 nitrogen and oxygen atoms in total. The molecule has 154 valence electrons. The highest BCUT2D eigenvalue weighted by Crippen LogP contribution is 2.22. The first-order chi connectivity index (χ1) is 13.6. The van der Waals surface area contributed by atoms with Gasteiger partial charge in [-0.15, -0.1) is 0 Å². The summed E-state index contributed by atoms with van der Waals surface area (Å²) in [7, 11) is 0. The smallest absolute Gasteiger partial charge is 0.354 e. The van der Waals surface area contributed by atoms with Crippen molar-refractivity contribution in [2.24, 2.45) is 5.92 Å². The van der Waals surface area contributed by atoms with Crippen molar-refractivity contribution < 1.29 is 14.3 Å². The molecule has 2 aromatic rings. The summed E-state index contributed by atoms with van der Waals surface area (Å²) in [5.41, 5.74) is 2.40. The molecule has 0 radical (unpaired) electrons. The molecule has 1 amide bonds. The summed E-state index contributed by atoms with van der Waals surface area (Å²) in [6.45, 7) is 10.5.